The summed E-state index contributed by atoms with van der Waals surface area (Å²) in [5.74, 6) is 0.0955. The number of ether oxygens (including phenoxy) is 1. The molecular weight excluding hydrogens is 333 g/mol. The molecule has 0 spiro atoms. The van der Waals surface area contributed by atoms with Gasteiger partial charge < -0.3 is 10.1 Å². The smallest absolute Gasteiger partial charge is 0.265 e. The van der Waals surface area contributed by atoms with Crippen LogP contribution in [-0.4, -0.2) is 12.0 Å². The largest absolute Gasteiger partial charge is 0.479 e. The standard InChI is InChI=1S/C15H12Cl3NO2/c1-9(21-13-8-3-2-5-10(13)16)15(20)19-12-7-4-6-11(17)14(12)18/h2-9H,1H3,(H,19,20)/t9-/m0/s1. The molecular formula is C15H12Cl3NO2. The van der Waals surface area contributed by atoms with Crippen LogP contribution < -0.4 is 10.1 Å². The molecule has 0 aliphatic rings. The third kappa shape index (κ3) is 4.03. The van der Waals surface area contributed by atoms with Crippen LogP contribution in [0.15, 0.2) is 42.5 Å². The third-order valence-corrected chi connectivity index (χ3v) is 3.85. The predicted octanol–water partition coefficient (Wildman–Crippen LogP) is 5.05. The summed E-state index contributed by atoms with van der Waals surface area (Å²) in [5.41, 5.74) is 0.434. The number of para-hydroxylation sites is 1. The van der Waals surface area contributed by atoms with E-state index in [4.69, 9.17) is 39.5 Å². The summed E-state index contributed by atoms with van der Waals surface area (Å²) in [7, 11) is 0. The maximum absolute atomic E-state index is 12.1. The molecule has 3 nitrogen and oxygen atoms in total. The fourth-order valence-electron chi connectivity index (χ4n) is 1.62. The second-order valence-electron chi connectivity index (χ2n) is 4.28. The van der Waals surface area contributed by atoms with Gasteiger partial charge in [-0.1, -0.05) is 53.0 Å². The van der Waals surface area contributed by atoms with Gasteiger partial charge in [-0.05, 0) is 31.2 Å². The molecule has 1 amide bonds. The Morgan fingerprint density at radius 1 is 1.05 bits per heavy atom. The fourth-order valence-corrected chi connectivity index (χ4v) is 2.15. The number of carbonyl (C=O) groups is 1. The number of hydrogen-bond acceptors (Lipinski definition) is 2. The lowest BCUT2D eigenvalue weighted by Crippen LogP contribution is -2.30. The van der Waals surface area contributed by atoms with E-state index in [1.165, 1.54) is 0 Å². The molecule has 0 bridgehead atoms. The first-order valence-corrected chi connectivity index (χ1v) is 7.28. The number of carbonyl (C=O) groups excluding carboxylic acids is 1. The highest BCUT2D eigenvalue weighted by Crippen LogP contribution is 2.30. The van der Waals surface area contributed by atoms with Crippen molar-refractivity contribution < 1.29 is 9.53 Å². The molecule has 0 radical (unpaired) electrons. The van der Waals surface area contributed by atoms with Crippen LogP contribution in [0.2, 0.25) is 15.1 Å². The zero-order valence-electron chi connectivity index (χ0n) is 11.1. The van der Waals surface area contributed by atoms with Crippen molar-refractivity contribution in [1.29, 1.82) is 0 Å². The second-order valence-corrected chi connectivity index (χ2v) is 5.47. The van der Waals surface area contributed by atoms with Gasteiger partial charge in [0.15, 0.2) is 6.10 Å². The first-order valence-electron chi connectivity index (χ1n) is 6.15. The Morgan fingerprint density at radius 2 is 1.71 bits per heavy atom. The van der Waals surface area contributed by atoms with Crippen LogP contribution in [0.5, 0.6) is 5.75 Å². The van der Waals surface area contributed by atoms with E-state index in [0.29, 0.717) is 21.5 Å². The van der Waals surface area contributed by atoms with Crippen LogP contribution in [0.25, 0.3) is 0 Å². The van der Waals surface area contributed by atoms with Crippen LogP contribution in [0.3, 0.4) is 0 Å². The van der Waals surface area contributed by atoms with Gasteiger partial charge in [0.1, 0.15) is 5.75 Å². The minimum atomic E-state index is -0.736. The van der Waals surface area contributed by atoms with Crippen LogP contribution in [0, 0.1) is 0 Å². The summed E-state index contributed by atoms with van der Waals surface area (Å²) in [4.78, 5) is 12.1. The van der Waals surface area contributed by atoms with Gasteiger partial charge in [-0.3, -0.25) is 4.79 Å². The Morgan fingerprint density at radius 3 is 2.43 bits per heavy atom. The molecule has 2 aromatic rings. The van der Waals surface area contributed by atoms with E-state index in [1.807, 2.05) is 0 Å². The normalized spacial score (nSPS) is 11.8. The molecule has 21 heavy (non-hydrogen) atoms. The quantitative estimate of drug-likeness (QED) is 0.842. The summed E-state index contributed by atoms with van der Waals surface area (Å²) in [6, 6.07) is 11.9. The Kier molecular flexibility index (Phi) is 5.34. The van der Waals surface area contributed by atoms with Crippen molar-refractivity contribution in [3.63, 3.8) is 0 Å². The van der Waals surface area contributed by atoms with Gasteiger partial charge in [0.2, 0.25) is 0 Å². The number of anilines is 1. The minimum absolute atomic E-state index is 0.289. The van der Waals surface area contributed by atoms with Gasteiger partial charge in [-0.25, -0.2) is 0 Å². The zero-order chi connectivity index (χ0) is 15.4. The number of amides is 1. The van der Waals surface area contributed by atoms with E-state index in [2.05, 4.69) is 5.32 Å². The lowest BCUT2D eigenvalue weighted by molar-refractivity contribution is -0.122. The highest BCUT2D eigenvalue weighted by atomic mass is 35.5. The molecule has 0 saturated carbocycles. The van der Waals surface area contributed by atoms with E-state index in [1.54, 1.807) is 49.4 Å². The highest BCUT2D eigenvalue weighted by Gasteiger charge is 2.17. The van der Waals surface area contributed by atoms with Gasteiger partial charge in [-0.15, -0.1) is 0 Å². The van der Waals surface area contributed by atoms with Crippen molar-refractivity contribution in [2.45, 2.75) is 13.0 Å². The monoisotopic (exact) mass is 343 g/mol. The maximum Gasteiger partial charge on any atom is 0.265 e. The van der Waals surface area contributed by atoms with E-state index in [9.17, 15) is 4.79 Å². The number of nitrogens with one attached hydrogen (secondary N) is 1. The van der Waals surface area contributed by atoms with Gasteiger partial charge in [0.25, 0.3) is 5.91 Å². The topological polar surface area (TPSA) is 38.3 Å². The average Bonchev–Trinajstić information content (AvgIpc) is 2.46. The van der Waals surface area contributed by atoms with Crippen molar-refractivity contribution in [3.8, 4) is 5.75 Å². The van der Waals surface area contributed by atoms with E-state index < -0.39 is 6.10 Å². The van der Waals surface area contributed by atoms with Gasteiger partial charge in [0.05, 0.1) is 20.8 Å². The average molecular weight is 345 g/mol. The minimum Gasteiger partial charge on any atom is -0.479 e. The number of rotatable bonds is 4. The molecule has 0 fully saturated rings. The van der Waals surface area contributed by atoms with Crippen LogP contribution in [-0.2, 0) is 4.79 Å². The van der Waals surface area contributed by atoms with Gasteiger partial charge in [0, 0.05) is 0 Å². The molecule has 2 rings (SSSR count). The zero-order valence-corrected chi connectivity index (χ0v) is 13.3. The number of benzene rings is 2. The molecule has 0 aliphatic heterocycles. The third-order valence-electron chi connectivity index (χ3n) is 2.72. The molecule has 0 unspecified atom stereocenters. The van der Waals surface area contributed by atoms with E-state index in [-0.39, 0.29) is 10.9 Å². The first kappa shape index (κ1) is 16.0. The summed E-state index contributed by atoms with van der Waals surface area (Å²) in [6.45, 7) is 1.62. The lowest BCUT2D eigenvalue weighted by Gasteiger charge is -2.16. The number of halogens is 3. The van der Waals surface area contributed by atoms with Crippen LogP contribution in [0.1, 0.15) is 6.92 Å². The van der Waals surface area contributed by atoms with Crippen LogP contribution >= 0.6 is 34.8 Å². The molecule has 0 aliphatic carbocycles. The van der Waals surface area contributed by atoms with E-state index in [0.717, 1.165) is 0 Å². The van der Waals surface area contributed by atoms with Crippen molar-refractivity contribution in [2.75, 3.05) is 5.32 Å². The maximum atomic E-state index is 12.1. The van der Waals surface area contributed by atoms with Crippen LogP contribution in [0.4, 0.5) is 5.69 Å². The lowest BCUT2D eigenvalue weighted by atomic mass is 10.3. The van der Waals surface area contributed by atoms with Crippen molar-refractivity contribution in [3.05, 3.63) is 57.5 Å². The highest BCUT2D eigenvalue weighted by molar-refractivity contribution is 6.44. The Balaban J connectivity index is 2.06. The predicted molar refractivity (Wildman–Crippen MR) is 86.6 cm³/mol. The van der Waals surface area contributed by atoms with Gasteiger partial charge >= 0.3 is 0 Å². The van der Waals surface area contributed by atoms with Crippen molar-refractivity contribution >= 4 is 46.4 Å². The van der Waals surface area contributed by atoms with Crippen molar-refractivity contribution in [1.82, 2.24) is 0 Å². The first-order chi connectivity index (χ1) is 9.99. The molecule has 0 heterocycles. The molecule has 0 aromatic heterocycles. The Labute approximate surface area is 137 Å². The SMILES string of the molecule is C[C@H](Oc1ccccc1Cl)C(=O)Nc1cccc(Cl)c1Cl. The molecule has 6 heteroatoms. The molecule has 2 aromatic carbocycles. The second kappa shape index (κ2) is 7.03. The summed E-state index contributed by atoms with van der Waals surface area (Å²) in [6.07, 6.45) is -0.736. The Hall–Kier alpha value is -1.42. The molecule has 1 N–H and O–H groups in total. The molecule has 0 saturated heterocycles. The summed E-state index contributed by atoms with van der Waals surface area (Å²) < 4.78 is 5.53. The fraction of sp³-hybridized carbons (Fsp3) is 0.133. The summed E-state index contributed by atoms with van der Waals surface area (Å²) in [5, 5.41) is 3.77. The van der Waals surface area contributed by atoms with Crippen molar-refractivity contribution in [2.24, 2.45) is 0 Å². The van der Waals surface area contributed by atoms with Gasteiger partial charge in [-0.2, -0.15) is 0 Å². The summed E-state index contributed by atoms with van der Waals surface area (Å²) >= 11 is 17.9. The molecule has 1 atom stereocenters. The molecule has 110 valence electrons. The number of hydrogen-bond donors (Lipinski definition) is 1. The Bertz CT molecular complexity index is 661. The van der Waals surface area contributed by atoms with E-state index >= 15 is 0 Å².